The molecular weight excluding hydrogens is 418 g/mol. The van der Waals surface area contributed by atoms with Crippen LogP contribution in [0.5, 0.6) is 0 Å². The van der Waals surface area contributed by atoms with E-state index in [1.54, 1.807) is 11.3 Å². The van der Waals surface area contributed by atoms with Gasteiger partial charge >= 0.3 is 0 Å². The first-order valence-electron chi connectivity index (χ1n) is 10.6. The molecule has 4 heterocycles. The van der Waals surface area contributed by atoms with Gasteiger partial charge in [0.25, 0.3) is 0 Å². The number of piperazine rings is 1. The minimum atomic E-state index is 0.270. The molecule has 2 saturated heterocycles. The SMILES string of the molecule is CN1CCN(CC2CN(Cc3c(-c4ccc(Cl)cc4)nc4sccn34)CCO2)CC1. The Kier molecular flexibility index (Phi) is 6.09. The average molecular weight is 446 g/mol. The van der Waals surface area contributed by atoms with Gasteiger partial charge in [-0.15, -0.1) is 11.3 Å². The molecule has 0 aliphatic carbocycles. The van der Waals surface area contributed by atoms with Crippen molar-refractivity contribution in [1.82, 2.24) is 24.1 Å². The van der Waals surface area contributed by atoms with E-state index in [2.05, 4.69) is 49.9 Å². The Morgan fingerprint density at radius 3 is 2.70 bits per heavy atom. The highest BCUT2D eigenvalue weighted by atomic mass is 35.5. The number of fused-ring (bicyclic) bond motifs is 1. The molecule has 0 N–H and O–H groups in total. The monoisotopic (exact) mass is 445 g/mol. The maximum Gasteiger partial charge on any atom is 0.194 e. The van der Waals surface area contributed by atoms with Gasteiger partial charge in [0, 0.05) is 74.5 Å². The van der Waals surface area contributed by atoms with Gasteiger partial charge in [0.05, 0.1) is 24.1 Å². The fraction of sp³-hybridized carbons (Fsp3) is 0.500. The number of halogens is 1. The number of hydrogen-bond donors (Lipinski definition) is 0. The second-order valence-corrected chi connectivity index (χ2v) is 9.61. The van der Waals surface area contributed by atoms with Crippen molar-refractivity contribution in [3.8, 4) is 11.3 Å². The predicted molar refractivity (Wildman–Crippen MR) is 122 cm³/mol. The van der Waals surface area contributed by atoms with Crippen molar-refractivity contribution < 1.29 is 4.74 Å². The summed E-state index contributed by atoms with van der Waals surface area (Å²) in [6, 6.07) is 8.01. The van der Waals surface area contributed by atoms with E-state index in [9.17, 15) is 0 Å². The number of rotatable bonds is 5. The number of hydrogen-bond acceptors (Lipinski definition) is 6. The van der Waals surface area contributed by atoms with E-state index < -0.39 is 0 Å². The number of morpholine rings is 1. The van der Waals surface area contributed by atoms with Crippen LogP contribution >= 0.6 is 22.9 Å². The average Bonchev–Trinajstić information content (AvgIpc) is 3.34. The molecule has 30 heavy (non-hydrogen) atoms. The van der Waals surface area contributed by atoms with Crippen LogP contribution in [0, 0.1) is 0 Å². The molecule has 1 aromatic carbocycles. The molecule has 2 aromatic heterocycles. The third kappa shape index (κ3) is 4.42. The van der Waals surface area contributed by atoms with Crippen LogP contribution in [0.2, 0.25) is 5.02 Å². The van der Waals surface area contributed by atoms with E-state index >= 15 is 0 Å². The first-order valence-corrected chi connectivity index (χ1v) is 11.9. The summed E-state index contributed by atoms with van der Waals surface area (Å²) < 4.78 is 8.36. The van der Waals surface area contributed by atoms with E-state index in [0.29, 0.717) is 0 Å². The van der Waals surface area contributed by atoms with Gasteiger partial charge in [-0.1, -0.05) is 23.7 Å². The Morgan fingerprint density at radius 2 is 1.90 bits per heavy atom. The van der Waals surface area contributed by atoms with Gasteiger partial charge in [-0.05, 0) is 19.2 Å². The van der Waals surface area contributed by atoms with Crippen molar-refractivity contribution in [2.24, 2.45) is 0 Å². The molecule has 2 fully saturated rings. The molecule has 0 spiro atoms. The highest BCUT2D eigenvalue weighted by Gasteiger charge is 2.26. The van der Waals surface area contributed by atoms with Crippen LogP contribution in [0.4, 0.5) is 0 Å². The van der Waals surface area contributed by atoms with Gasteiger partial charge < -0.3 is 9.64 Å². The first-order chi connectivity index (χ1) is 14.7. The lowest BCUT2D eigenvalue weighted by Gasteiger charge is -2.38. The summed E-state index contributed by atoms with van der Waals surface area (Å²) in [5, 5.41) is 2.86. The van der Waals surface area contributed by atoms with Crippen LogP contribution in [-0.2, 0) is 11.3 Å². The second-order valence-electron chi connectivity index (χ2n) is 8.30. The summed E-state index contributed by atoms with van der Waals surface area (Å²) in [6.07, 6.45) is 2.40. The standard InChI is InChI=1S/C22H28ClN5OS/c1-25-6-8-26(9-7-25)14-19-15-27(10-12-29-19)16-20-21(17-2-4-18(23)5-3-17)24-22-28(20)11-13-30-22/h2-5,11,13,19H,6-10,12,14-16H2,1H3. The molecule has 6 nitrogen and oxygen atoms in total. The maximum atomic E-state index is 6.13. The lowest BCUT2D eigenvalue weighted by atomic mass is 10.1. The van der Waals surface area contributed by atoms with Gasteiger partial charge in [0.15, 0.2) is 4.96 Å². The molecule has 0 saturated carbocycles. The quantitative estimate of drug-likeness (QED) is 0.603. The van der Waals surface area contributed by atoms with Crippen molar-refractivity contribution in [1.29, 1.82) is 0 Å². The van der Waals surface area contributed by atoms with Crippen molar-refractivity contribution in [3.05, 3.63) is 46.6 Å². The van der Waals surface area contributed by atoms with E-state index in [4.69, 9.17) is 21.3 Å². The summed E-state index contributed by atoms with van der Waals surface area (Å²) in [5.74, 6) is 0. The Hall–Kier alpha value is -1.48. The van der Waals surface area contributed by atoms with Crippen molar-refractivity contribution in [3.63, 3.8) is 0 Å². The number of ether oxygens (including phenoxy) is 1. The van der Waals surface area contributed by atoms with Crippen LogP contribution < -0.4 is 0 Å². The molecule has 0 amide bonds. The summed E-state index contributed by atoms with van der Waals surface area (Å²) in [4.78, 5) is 13.4. The van der Waals surface area contributed by atoms with Crippen LogP contribution in [0.25, 0.3) is 16.2 Å². The van der Waals surface area contributed by atoms with Crippen molar-refractivity contribution in [2.75, 3.05) is 59.5 Å². The summed E-state index contributed by atoms with van der Waals surface area (Å²) in [7, 11) is 2.20. The summed E-state index contributed by atoms with van der Waals surface area (Å²) in [5.41, 5.74) is 3.42. The molecule has 2 aliphatic rings. The van der Waals surface area contributed by atoms with Crippen molar-refractivity contribution in [2.45, 2.75) is 12.6 Å². The third-order valence-electron chi connectivity index (χ3n) is 6.13. The summed E-state index contributed by atoms with van der Waals surface area (Å²) >= 11 is 7.78. The Balaban J connectivity index is 1.32. The number of aromatic nitrogens is 2. The molecule has 3 aromatic rings. The topological polar surface area (TPSA) is 36.2 Å². The molecule has 1 atom stereocenters. The van der Waals surface area contributed by atoms with E-state index in [-0.39, 0.29) is 6.10 Å². The zero-order valence-corrected chi connectivity index (χ0v) is 18.9. The zero-order chi connectivity index (χ0) is 20.5. The molecular formula is C22H28ClN5OS. The largest absolute Gasteiger partial charge is 0.374 e. The fourth-order valence-corrected chi connectivity index (χ4v) is 5.25. The number of thiazole rings is 1. The minimum Gasteiger partial charge on any atom is -0.374 e. The molecule has 5 rings (SSSR count). The molecule has 160 valence electrons. The second kappa shape index (κ2) is 8.94. The van der Waals surface area contributed by atoms with Crippen molar-refractivity contribution >= 4 is 27.9 Å². The molecule has 2 aliphatic heterocycles. The van der Waals surface area contributed by atoms with E-state index in [0.717, 1.165) is 80.2 Å². The first kappa shape index (κ1) is 20.4. The van der Waals surface area contributed by atoms with Gasteiger partial charge in [-0.2, -0.15) is 0 Å². The minimum absolute atomic E-state index is 0.270. The molecule has 8 heteroatoms. The number of imidazole rings is 1. The maximum absolute atomic E-state index is 6.13. The highest BCUT2D eigenvalue weighted by molar-refractivity contribution is 7.15. The number of likely N-dealkylation sites (N-methyl/N-ethyl adjacent to an activating group) is 1. The highest BCUT2D eigenvalue weighted by Crippen LogP contribution is 2.29. The van der Waals surface area contributed by atoms with Crippen LogP contribution in [0.15, 0.2) is 35.8 Å². The Labute approximate surface area is 186 Å². The van der Waals surface area contributed by atoms with E-state index in [1.165, 1.54) is 5.69 Å². The molecule has 0 bridgehead atoms. The smallest absolute Gasteiger partial charge is 0.194 e. The Morgan fingerprint density at radius 1 is 1.10 bits per heavy atom. The third-order valence-corrected chi connectivity index (χ3v) is 7.14. The molecule has 1 unspecified atom stereocenters. The lowest BCUT2D eigenvalue weighted by Crippen LogP contribution is -2.51. The van der Waals surface area contributed by atoms with Gasteiger partial charge in [-0.3, -0.25) is 14.2 Å². The fourth-order valence-electron chi connectivity index (χ4n) is 4.39. The Bertz CT molecular complexity index is 979. The van der Waals surface area contributed by atoms with Gasteiger partial charge in [0.2, 0.25) is 0 Å². The van der Waals surface area contributed by atoms with E-state index in [1.807, 2.05) is 12.1 Å². The molecule has 0 radical (unpaired) electrons. The number of nitrogens with zero attached hydrogens (tertiary/aromatic N) is 5. The van der Waals surface area contributed by atoms with Crippen LogP contribution in [0.1, 0.15) is 5.69 Å². The number of benzene rings is 1. The van der Waals surface area contributed by atoms with Crippen LogP contribution in [-0.4, -0.2) is 89.7 Å². The normalized spacial score (nSPS) is 22.1. The zero-order valence-electron chi connectivity index (χ0n) is 17.3. The summed E-state index contributed by atoms with van der Waals surface area (Å²) in [6.45, 7) is 9.16. The van der Waals surface area contributed by atoms with Gasteiger partial charge in [-0.25, -0.2) is 4.98 Å². The predicted octanol–water partition coefficient (Wildman–Crippen LogP) is 3.16. The van der Waals surface area contributed by atoms with Gasteiger partial charge in [0.1, 0.15) is 0 Å². The lowest BCUT2D eigenvalue weighted by molar-refractivity contribution is -0.0501. The van der Waals surface area contributed by atoms with Crippen LogP contribution in [0.3, 0.4) is 0 Å².